The molecule has 0 aliphatic heterocycles. The van der Waals surface area contributed by atoms with Gasteiger partial charge in [-0.05, 0) is 43.4 Å². The van der Waals surface area contributed by atoms with Crippen LogP contribution >= 0.6 is 15.6 Å². The molecule has 0 saturated carbocycles. The lowest BCUT2D eigenvalue weighted by molar-refractivity contribution is -0.161. The average molecular weight is 1350 g/mol. The van der Waals surface area contributed by atoms with E-state index in [1.54, 1.807) is 0 Å². The topological polar surface area (TPSA) is 237 Å². The zero-order valence-electron chi connectivity index (χ0n) is 60.0. The standard InChI is InChI=1S/C73H142O17P2/c1-8-10-11-37-47-54-70(75)83-60-68(89-73(78)57-50-43-36-30-32-39-45-52-65(5)6)62-87-91(79,80)85-58-67(74)59-86-92(81,82)88-63-69(61-84-71(76)55-48-41-34-28-24-21-20-22-26-31-38-44-51-64(3)4)90-72(77)56-49-42-35-29-25-19-17-15-13-12-14-16-18-23-27-33-40-46-53-66(7)9-2/h64-69,74H,8-63H2,1-7H3,(H,79,80)(H,81,82)/t66?,67-,68+,69+/m0/s1. The van der Waals surface area contributed by atoms with Crippen molar-refractivity contribution in [2.75, 3.05) is 39.6 Å². The molecule has 0 radical (unpaired) electrons. The summed E-state index contributed by atoms with van der Waals surface area (Å²) in [4.78, 5) is 72.3. The van der Waals surface area contributed by atoms with Gasteiger partial charge in [-0.2, -0.15) is 0 Å². The Balaban J connectivity index is 5.11. The molecule has 0 bridgehead atoms. The second kappa shape index (κ2) is 63.8. The fraction of sp³-hybridized carbons (Fsp3) is 0.945. The summed E-state index contributed by atoms with van der Waals surface area (Å²) in [5.41, 5.74) is 0. The molecule has 0 saturated heterocycles. The predicted octanol–water partition coefficient (Wildman–Crippen LogP) is 21.0. The normalized spacial score (nSPS) is 14.4. The number of phosphoric acid groups is 2. The van der Waals surface area contributed by atoms with Gasteiger partial charge in [-0.1, -0.05) is 318 Å². The third-order valence-corrected chi connectivity index (χ3v) is 19.1. The fourth-order valence-electron chi connectivity index (χ4n) is 11.0. The van der Waals surface area contributed by atoms with Crippen LogP contribution in [0.25, 0.3) is 0 Å². The van der Waals surface area contributed by atoms with E-state index in [1.807, 2.05) is 0 Å². The van der Waals surface area contributed by atoms with E-state index >= 15 is 0 Å². The molecule has 0 spiro atoms. The third-order valence-electron chi connectivity index (χ3n) is 17.2. The van der Waals surface area contributed by atoms with E-state index in [1.165, 1.54) is 173 Å². The first-order chi connectivity index (χ1) is 44.3. The van der Waals surface area contributed by atoms with Gasteiger partial charge in [0.25, 0.3) is 0 Å². The Kier molecular flexibility index (Phi) is 62.4. The van der Waals surface area contributed by atoms with Crippen molar-refractivity contribution in [1.82, 2.24) is 0 Å². The van der Waals surface area contributed by atoms with Crippen LogP contribution in [-0.4, -0.2) is 96.7 Å². The summed E-state index contributed by atoms with van der Waals surface area (Å²) >= 11 is 0. The Morgan fingerprint density at radius 1 is 0.315 bits per heavy atom. The van der Waals surface area contributed by atoms with Gasteiger partial charge in [0.1, 0.15) is 19.3 Å². The third kappa shape index (κ3) is 65.4. The molecule has 0 aromatic rings. The highest BCUT2D eigenvalue weighted by Crippen LogP contribution is 2.45. The van der Waals surface area contributed by atoms with E-state index in [9.17, 15) is 43.2 Å². The molecule has 0 aromatic carbocycles. The van der Waals surface area contributed by atoms with Crippen molar-refractivity contribution in [1.29, 1.82) is 0 Å². The Labute approximate surface area is 562 Å². The number of hydrogen-bond acceptors (Lipinski definition) is 15. The van der Waals surface area contributed by atoms with Crippen molar-refractivity contribution in [3.05, 3.63) is 0 Å². The Bertz CT molecular complexity index is 1800. The summed E-state index contributed by atoms with van der Waals surface area (Å²) in [5.74, 6) is 0.213. The lowest BCUT2D eigenvalue weighted by atomic mass is 9.99. The smallest absolute Gasteiger partial charge is 0.462 e. The fourth-order valence-corrected chi connectivity index (χ4v) is 12.6. The van der Waals surface area contributed by atoms with Gasteiger partial charge in [0.05, 0.1) is 26.4 Å². The Morgan fingerprint density at radius 3 is 0.826 bits per heavy atom. The highest BCUT2D eigenvalue weighted by Gasteiger charge is 2.30. The van der Waals surface area contributed by atoms with Crippen LogP contribution < -0.4 is 0 Å². The second-order valence-corrected chi connectivity index (χ2v) is 30.4. The van der Waals surface area contributed by atoms with Gasteiger partial charge in [-0.3, -0.25) is 37.3 Å². The second-order valence-electron chi connectivity index (χ2n) is 27.5. The maximum Gasteiger partial charge on any atom is 0.472 e. The number of hydrogen-bond donors (Lipinski definition) is 3. The lowest BCUT2D eigenvalue weighted by Crippen LogP contribution is -2.30. The molecule has 0 aliphatic carbocycles. The molecule has 0 aliphatic rings. The van der Waals surface area contributed by atoms with Crippen LogP contribution in [0, 0.1) is 17.8 Å². The molecule has 546 valence electrons. The number of phosphoric ester groups is 2. The Hall–Kier alpha value is -1.94. The molecular formula is C73H142O17P2. The molecule has 0 amide bonds. The Morgan fingerprint density at radius 2 is 0.554 bits per heavy atom. The minimum absolute atomic E-state index is 0.102. The van der Waals surface area contributed by atoms with Crippen LogP contribution in [-0.2, 0) is 65.4 Å². The van der Waals surface area contributed by atoms with Crippen LogP contribution in [0.5, 0.6) is 0 Å². The highest BCUT2D eigenvalue weighted by molar-refractivity contribution is 7.47. The quantitative estimate of drug-likeness (QED) is 0.0222. The van der Waals surface area contributed by atoms with Gasteiger partial charge in [0, 0.05) is 25.7 Å². The molecular weight excluding hydrogens is 1210 g/mol. The predicted molar refractivity (Wildman–Crippen MR) is 372 cm³/mol. The van der Waals surface area contributed by atoms with E-state index in [-0.39, 0.29) is 25.7 Å². The largest absolute Gasteiger partial charge is 0.472 e. The van der Waals surface area contributed by atoms with Crippen LogP contribution in [0.4, 0.5) is 0 Å². The van der Waals surface area contributed by atoms with Crippen molar-refractivity contribution in [3.63, 3.8) is 0 Å². The molecule has 17 nitrogen and oxygen atoms in total. The highest BCUT2D eigenvalue weighted by atomic mass is 31.2. The average Bonchev–Trinajstić information content (AvgIpc) is 2.52. The number of carbonyl (C=O) groups is 4. The van der Waals surface area contributed by atoms with Gasteiger partial charge in [0.2, 0.25) is 0 Å². The van der Waals surface area contributed by atoms with Gasteiger partial charge in [-0.15, -0.1) is 0 Å². The number of aliphatic hydroxyl groups excluding tert-OH is 1. The van der Waals surface area contributed by atoms with E-state index in [0.717, 1.165) is 108 Å². The zero-order chi connectivity index (χ0) is 68.0. The number of ether oxygens (including phenoxy) is 4. The van der Waals surface area contributed by atoms with Gasteiger partial charge in [0.15, 0.2) is 12.2 Å². The first-order valence-electron chi connectivity index (χ1n) is 37.9. The minimum Gasteiger partial charge on any atom is -0.462 e. The number of aliphatic hydroxyl groups is 1. The first-order valence-corrected chi connectivity index (χ1v) is 40.9. The first kappa shape index (κ1) is 90.1. The maximum absolute atomic E-state index is 13.1. The summed E-state index contributed by atoms with van der Waals surface area (Å²) in [6, 6.07) is 0. The van der Waals surface area contributed by atoms with E-state index < -0.39 is 97.5 Å². The van der Waals surface area contributed by atoms with E-state index in [4.69, 9.17) is 37.0 Å². The molecule has 0 heterocycles. The maximum atomic E-state index is 13.1. The summed E-state index contributed by atoms with van der Waals surface area (Å²) in [5, 5.41) is 10.6. The molecule has 0 aromatic heterocycles. The van der Waals surface area contributed by atoms with Crippen LogP contribution in [0.3, 0.4) is 0 Å². The lowest BCUT2D eigenvalue weighted by Gasteiger charge is -2.21. The number of carbonyl (C=O) groups excluding carboxylic acids is 4. The van der Waals surface area contributed by atoms with Gasteiger partial charge < -0.3 is 33.8 Å². The van der Waals surface area contributed by atoms with Gasteiger partial charge >= 0.3 is 39.5 Å². The van der Waals surface area contributed by atoms with Crippen LogP contribution in [0.1, 0.15) is 370 Å². The van der Waals surface area contributed by atoms with Crippen molar-refractivity contribution < 1.29 is 80.2 Å². The van der Waals surface area contributed by atoms with Crippen molar-refractivity contribution >= 4 is 39.5 Å². The molecule has 19 heteroatoms. The molecule has 0 fully saturated rings. The molecule has 92 heavy (non-hydrogen) atoms. The van der Waals surface area contributed by atoms with E-state index in [0.29, 0.717) is 31.6 Å². The summed E-state index contributed by atoms with van der Waals surface area (Å²) in [7, 11) is -9.89. The van der Waals surface area contributed by atoms with Crippen LogP contribution in [0.2, 0.25) is 0 Å². The van der Waals surface area contributed by atoms with Crippen LogP contribution in [0.15, 0.2) is 0 Å². The SMILES string of the molecule is CCCCCCCC(=O)OC[C@H](COP(=O)(O)OC[C@H](O)COP(=O)(O)OC[C@@H](COC(=O)CCCCCCCCCCCCCCC(C)C)OC(=O)CCCCCCCCCCCCCCCCCCCCC(C)CC)OC(=O)CCCCCCCCCC(C)C. The summed E-state index contributed by atoms with van der Waals surface area (Å²) in [6.45, 7) is 11.8. The van der Waals surface area contributed by atoms with Crippen molar-refractivity contribution in [2.45, 2.75) is 388 Å². The summed E-state index contributed by atoms with van der Waals surface area (Å²) < 4.78 is 68.1. The molecule has 3 unspecified atom stereocenters. The van der Waals surface area contributed by atoms with Crippen molar-refractivity contribution in [3.8, 4) is 0 Å². The molecule has 6 atom stereocenters. The molecule has 3 N–H and O–H groups in total. The minimum atomic E-state index is -4.95. The monoisotopic (exact) mass is 1350 g/mol. The van der Waals surface area contributed by atoms with Crippen molar-refractivity contribution in [2.24, 2.45) is 17.8 Å². The number of rotatable bonds is 71. The van der Waals surface area contributed by atoms with E-state index in [2.05, 4.69) is 48.5 Å². The van der Waals surface area contributed by atoms with Gasteiger partial charge in [-0.25, -0.2) is 9.13 Å². The zero-order valence-corrected chi connectivity index (χ0v) is 61.8. The number of unbranched alkanes of at least 4 members (excludes halogenated alkanes) is 38. The number of esters is 4. The molecule has 0 rings (SSSR count). The summed E-state index contributed by atoms with van der Waals surface area (Å²) in [6.07, 6.45) is 49.2.